The topological polar surface area (TPSA) is 82.1 Å². The third-order valence-corrected chi connectivity index (χ3v) is 5.55. The van der Waals surface area contributed by atoms with Crippen molar-refractivity contribution >= 4 is 12.0 Å². The molecule has 0 saturated heterocycles. The zero-order valence-corrected chi connectivity index (χ0v) is 15.0. The van der Waals surface area contributed by atoms with Crippen molar-refractivity contribution in [1.82, 2.24) is 15.1 Å². The molecule has 2 rings (SSSR count). The molecule has 7 nitrogen and oxygen atoms in total. The Hall–Kier alpha value is -1.34. The van der Waals surface area contributed by atoms with Crippen molar-refractivity contribution in [2.24, 2.45) is 0 Å². The molecule has 2 saturated carbocycles. The minimum Gasteiger partial charge on any atom is -0.480 e. The van der Waals surface area contributed by atoms with E-state index >= 15 is 0 Å². The smallest absolute Gasteiger partial charge is 0.317 e. The van der Waals surface area contributed by atoms with Crippen LogP contribution >= 0.6 is 0 Å². The summed E-state index contributed by atoms with van der Waals surface area (Å²) in [7, 11) is 3.62. The van der Waals surface area contributed by atoms with Crippen LogP contribution in [0.15, 0.2) is 0 Å². The van der Waals surface area contributed by atoms with Crippen LogP contribution < -0.4 is 5.32 Å². The lowest BCUT2D eigenvalue weighted by Gasteiger charge is -2.43. The molecule has 0 spiro atoms. The lowest BCUT2D eigenvalue weighted by atomic mass is 9.85. The van der Waals surface area contributed by atoms with Crippen LogP contribution in [0.2, 0.25) is 0 Å². The van der Waals surface area contributed by atoms with Crippen LogP contribution in [0.4, 0.5) is 4.79 Å². The molecular formula is C17H31N3O4. The number of nitrogens with one attached hydrogen (secondary N) is 1. The molecule has 0 unspecified atom stereocenters. The third-order valence-electron chi connectivity index (χ3n) is 5.55. The highest BCUT2D eigenvalue weighted by Gasteiger charge is 2.36. The number of rotatable bonds is 7. The van der Waals surface area contributed by atoms with Crippen molar-refractivity contribution < 1.29 is 19.4 Å². The minimum atomic E-state index is -0.796. The van der Waals surface area contributed by atoms with Gasteiger partial charge >= 0.3 is 12.0 Å². The van der Waals surface area contributed by atoms with Gasteiger partial charge in [-0.3, -0.25) is 9.69 Å². The van der Waals surface area contributed by atoms with Crippen LogP contribution in [-0.4, -0.2) is 78.4 Å². The Kier molecular flexibility index (Phi) is 6.86. The Balaban J connectivity index is 1.71. The highest BCUT2D eigenvalue weighted by atomic mass is 16.5. The zero-order chi connectivity index (χ0) is 17.7. The van der Waals surface area contributed by atoms with Gasteiger partial charge in [0.15, 0.2) is 0 Å². The number of methoxy groups -OCH3 is 1. The van der Waals surface area contributed by atoms with E-state index in [0.29, 0.717) is 6.10 Å². The molecule has 0 bridgehead atoms. The molecular weight excluding hydrogens is 310 g/mol. The van der Waals surface area contributed by atoms with E-state index < -0.39 is 5.97 Å². The first-order chi connectivity index (χ1) is 11.4. The number of aliphatic carboxylic acids is 1. The molecule has 0 aromatic carbocycles. The Morgan fingerprint density at radius 2 is 1.79 bits per heavy atom. The normalized spacial score (nSPS) is 29.8. The van der Waals surface area contributed by atoms with Crippen molar-refractivity contribution in [3.05, 3.63) is 0 Å². The third kappa shape index (κ3) is 4.83. The van der Waals surface area contributed by atoms with Gasteiger partial charge in [0, 0.05) is 32.3 Å². The molecule has 0 aliphatic heterocycles. The standard InChI is InChI=1S/C17H31N3O4/c1-4-20(11-16(21)22)14-9-12(10-14)18-17(23)19(2)13-5-7-15(24-3)8-6-13/h12-15H,4-11H2,1-3H3,(H,18,23)(H,21,22). The molecule has 0 radical (unpaired) electrons. The van der Waals surface area contributed by atoms with Crippen molar-refractivity contribution in [3.8, 4) is 0 Å². The molecule has 2 amide bonds. The van der Waals surface area contributed by atoms with Crippen LogP contribution in [-0.2, 0) is 9.53 Å². The number of carbonyl (C=O) groups excluding carboxylic acids is 1. The van der Waals surface area contributed by atoms with Gasteiger partial charge in [0.25, 0.3) is 0 Å². The Morgan fingerprint density at radius 3 is 2.29 bits per heavy atom. The summed E-state index contributed by atoms with van der Waals surface area (Å²) in [6, 6.07) is 0.689. The number of urea groups is 1. The van der Waals surface area contributed by atoms with Crippen LogP contribution in [0.25, 0.3) is 0 Å². The summed E-state index contributed by atoms with van der Waals surface area (Å²) in [5.41, 5.74) is 0. The van der Waals surface area contributed by atoms with E-state index in [1.165, 1.54) is 0 Å². The molecule has 2 N–H and O–H groups in total. The Morgan fingerprint density at radius 1 is 1.17 bits per heavy atom. The van der Waals surface area contributed by atoms with Gasteiger partial charge in [-0.05, 0) is 45.1 Å². The first kappa shape index (κ1) is 19.0. The second-order valence-electron chi connectivity index (χ2n) is 7.01. The molecule has 0 heterocycles. The SMILES string of the molecule is CCN(CC(=O)O)C1CC(NC(=O)N(C)C2CCC(OC)CC2)C1. The quantitative estimate of drug-likeness (QED) is 0.734. The molecule has 7 heteroatoms. The van der Waals surface area contributed by atoms with Crippen molar-refractivity contribution in [2.75, 3.05) is 27.2 Å². The monoisotopic (exact) mass is 341 g/mol. The van der Waals surface area contributed by atoms with E-state index in [2.05, 4.69) is 5.32 Å². The number of hydrogen-bond donors (Lipinski definition) is 2. The lowest BCUT2D eigenvalue weighted by molar-refractivity contribution is -0.139. The summed E-state index contributed by atoms with van der Waals surface area (Å²) in [5.74, 6) is -0.796. The van der Waals surface area contributed by atoms with E-state index in [9.17, 15) is 9.59 Å². The number of amides is 2. The van der Waals surface area contributed by atoms with Crippen LogP contribution in [0, 0.1) is 0 Å². The van der Waals surface area contributed by atoms with Crippen LogP contribution in [0.1, 0.15) is 45.4 Å². The van der Waals surface area contributed by atoms with E-state index in [4.69, 9.17) is 9.84 Å². The minimum absolute atomic E-state index is 0.0133. The van der Waals surface area contributed by atoms with Gasteiger partial charge in [-0.1, -0.05) is 6.92 Å². The summed E-state index contributed by atoms with van der Waals surface area (Å²) >= 11 is 0. The average Bonchev–Trinajstić information content (AvgIpc) is 2.54. The number of carbonyl (C=O) groups is 2. The van der Waals surface area contributed by atoms with Gasteiger partial charge in [0.05, 0.1) is 12.6 Å². The number of ether oxygens (including phenoxy) is 1. The van der Waals surface area contributed by atoms with Crippen LogP contribution in [0.5, 0.6) is 0 Å². The van der Waals surface area contributed by atoms with E-state index in [-0.39, 0.29) is 30.7 Å². The van der Waals surface area contributed by atoms with E-state index in [1.54, 1.807) is 7.11 Å². The number of hydrogen-bond acceptors (Lipinski definition) is 4. The highest BCUT2D eigenvalue weighted by Crippen LogP contribution is 2.27. The van der Waals surface area contributed by atoms with Gasteiger partial charge in [-0.2, -0.15) is 0 Å². The fourth-order valence-electron chi connectivity index (χ4n) is 3.79. The molecule has 0 aromatic heterocycles. The molecule has 2 aliphatic carbocycles. The van der Waals surface area contributed by atoms with Crippen molar-refractivity contribution in [3.63, 3.8) is 0 Å². The summed E-state index contributed by atoms with van der Waals surface area (Å²) in [6.45, 7) is 2.77. The fourth-order valence-corrected chi connectivity index (χ4v) is 3.79. The number of likely N-dealkylation sites (N-methyl/N-ethyl adjacent to an activating group) is 1. The summed E-state index contributed by atoms with van der Waals surface area (Å²) in [6.07, 6.45) is 5.97. The summed E-state index contributed by atoms with van der Waals surface area (Å²) < 4.78 is 5.38. The van der Waals surface area contributed by atoms with E-state index in [1.807, 2.05) is 23.8 Å². The van der Waals surface area contributed by atoms with Crippen LogP contribution in [0.3, 0.4) is 0 Å². The van der Waals surface area contributed by atoms with E-state index in [0.717, 1.165) is 45.1 Å². The number of nitrogens with zero attached hydrogens (tertiary/aromatic N) is 2. The Bertz CT molecular complexity index is 432. The summed E-state index contributed by atoms with van der Waals surface area (Å²) in [5, 5.41) is 12.0. The maximum atomic E-state index is 12.4. The largest absolute Gasteiger partial charge is 0.480 e. The van der Waals surface area contributed by atoms with Gasteiger partial charge in [-0.15, -0.1) is 0 Å². The predicted molar refractivity (Wildman–Crippen MR) is 91.0 cm³/mol. The molecule has 138 valence electrons. The zero-order valence-electron chi connectivity index (χ0n) is 15.0. The highest BCUT2D eigenvalue weighted by molar-refractivity contribution is 5.74. The fraction of sp³-hybridized carbons (Fsp3) is 0.882. The maximum Gasteiger partial charge on any atom is 0.317 e. The Labute approximate surface area is 144 Å². The van der Waals surface area contributed by atoms with Gasteiger partial charge < -0.3 is 20.1 Å². The molecule has 2 aliphatic rings. The second kappa shape index (κ2) is 8.67. The van der Waals surface area contributed by atoms with Gasteiger partial charge in [0.1, 0.15) is 0 Å². The summed E-state index contributed by atoms with van der Waals surface area (Å²) in [4.78, 5) is 27.0. The van der Waals surface area contributed by atoms with Crippen molar-refractivity contribution in [1.29, 1.82) is 0 Å². The predicted octanol–water partition coefficient (Wildman–Crippen LogP) is 1.52. The number of carboxylic acid groups (broad SMARTS) is 1. The first-order valence-corrected chi connectivity index (χ1v) is 8.96. The van der Waals surface area contributed by atoms with Crippen molar-refractivity contribution in [2.45, 2.75) is 69.7 Å². The molecule has 0 atom stereocenters. The van der Waals surface area contributed by atoms with Gasteiger partial charge in [0.2, 0.25) is 0 Å². The molecule has 24 heavy (non-hydrogen) atoms. The first-order valence-electron chi connectivity index (χ1n) is 8.96. The van der Waals surface area contributed by atoms with Gasteiger partial charge in [-0.25, -0.2) is 4.79 Å². The molecule has 0 aromatic rings. The lowest BCUT2D eigenvalue weighted by Crippen LogP contribution is -2.57. The number of carboxylic acids is 1. The second-order valence-corrected chi connectivity index (χ2v) is 7.01. The maximum absolute atomic E-state index is 12.4. The average molecular weight is 341 g/mol. The molecule has 2 fully saturated rings.